The van der Waals surface area contributed by atoms with Gasteiger partial charge in [0.05, 0.1) is 10.6 Å². The summed E-state index contributed by atoms with van der Waals surface area (Å²) in [7, 11) is -4.12. The van der Waals surface area contributed by atoms with Gasteiger partial charge in [0.15, 0.2) is 0 Å². The molecule has 0 aliphatic heterocycles. The summed E-state index contributed by atoms with van der Waals surface area (Å²) < 4.78 is 29.0. The maximum absolute atomic E-state index is 13.9. The maximum Gasteiger partial charge on any atom is 0.264 e. The largest absolute Gasteiger partial charge is 0.354 e. The molecule has 1 N–H and O–H groups in total. The summed E-state index contributed by atoms with van der Waals surface area (Å²) in [6, 6.07) is 20.2. The van der Waals surface area contributed by atoms with E-state index in [2.05, 4.69) is 5.32 Å². The molecule has 1 atom stereocenters. The number of benzene rings is 3. The Labute approximate surface area is 243 Å². The molecule has 1 unspecified atom stereocenters. The maximum atomic E-state index is 13.9. The summed E-state index contributed by atoms with van der Waals surface area (Å²) in [6.45, 7) is 7.63. The Bertz CT molecular complexity index is 1400. The van der Waals surface area contributed by atoms with Crippen LogP contribution in [-0.2, 0) is 26.0 Å². The van der Waals surface area contributed by atoms with Gasteiger partial charge in [-0.15, -0.1) is 0 Å². The Kier molecular flexibility index (Phi) is 11.2. The summed E-state index contributed by atoms with van der Waals surface area (Å²) in [5, 5.41) is 3.36. The van der Waals surface area contributed by atoms with Gasteiger partial charge in [-0.05, 0) is 75.1 Å². The second-order valence-corrected chi connectivity index (χ2v) is 12.2. The average Bonchev–Trinajstić information content (AvgIpc) is 2.93. The van der Waals surface area contributed by atoms with Gasteiger partial charge in [0.25, 0.3) is 10.0 Å². The van der Waals surface area contributed by atoms with Crippen LogP contribution >= 0.6 is 11.6 Å². The van der Waals surface area contributed by atoms with E-state index in [1.165, 1.54) is 17.0 Å². The number of aryl methyl sites for hydroxylation is 2. The Hall–Kier alpha value is -3.36. The van der Waals surface area contributed by atoms with Gasteiger partial charge in [0.2, 0.25) is 11.8 Å². The lowest BCUT2D eigenvalue weighted by Gasteiger charge is -2.32. The molecule has 40 heavy (non-hydrogen) atoms. The molecular weight excluding hydrogens is 546 g/mol. The number of sulfonamides is 1. The van der Waals surface area contributed by atoms with Crippen molar-refractivity contribution in [3.8, 4) is 0 Å². The van der Waals surface area contributed by atoms with E-state index < -0.39 is 28.5 Å². The normalized spacial score (nSPS) is 12.0. The van der Waals surface area contributed by atoms with Crippen LogP contribution in [0.5, 0.6) is 0 Å². The molecule has 2 amide bonds. The van der Waals surface area contributed by atoms with Crippen molar-refractivity contribution in [2.75, 3.05) is 23.9 Å². The molecule has 0 aliphatic rings. The quantitative estimate of drug-likeness (QED) is 0.268. The number of hydrogen-bond donors (Lipinski definition) is 1. The van der Waals surface area contributed by atoms with Gasteiger partial charge in [-0.3, -0.25) is 13.9 Å². The van der Waals surface area contributed by atoms with Crippen LogP contribution in [0, 0.1) is 13.8 Å². The predicted octanol–water partition coefficient (Wildman–Crippen LogP) is 5.53. The third-order valence-corrected chi connectivity index (χ3v) is 8.81. The van der Waals surface area contributed by atoms with Crippen molar-refractivity contribution in [3.05, 3.63) is 94.5 Å². The van der Waals surface area contributed by atoms with Gasteiger partial charge in [-0.1, -0.05) is 73.0 Å². The van der Waals surface area contributed by atoms with Crippen LogP contribution in [-0.4, -0.2) is 50.8 Å². The molecule has 0 radical (unpaired) electrons. The van der Waals surface area contributed by atoms with E-state index in [-0.39, 0.29) is 17.3 Å². The highest BCUT2D eigenvalue weighted by molar-refractivity contribution is 7.92. The molecule has 0 aromatic heterocycles. The highest BCUT2D eigenvalue weighted by atomic mass is 35.5. The fraction of sp³-hybridized carbons (Fsp3) is 0.355. The molecule has 0 bridgehead atoms. The second kappa shape index (κ2) is 14.3. The van der Waals surface area contributed by atoms with Gasteiger partial charge in [-0.25, -0.2) is 8.42 Å². The van der Waals surface area contributed by atoms with Crippen LogP contribution in [0.25, 0.3) is 0 Å². The van der Waals surface area contributed by atoms with Crippen molar-refractivity contribution >= 4 is 39.1 Å². The molecule has 0 spiro atoms. The number of rotatable bonds is 13. The third kappa shape index (κ3) is 8.08. The van der Waals surface area contributed by atoms with Crippen LogP contribution in [0.15, 0.2) is 77.7 Å². The number of nitrogens with one attached hydrogen (secondary N) is 1. The van der Waals surface area contributed by atoms with E-state index in [0.29, 0.717) is 29.2 Å². The summed E-state index contributed by atoms with van der Waals surface area (Å²) >= 11 is 6.17. The van der Waals surface area contributed by atoms with Crippen LogP contribution in [0.3, 0.4) is 0 Å². The van der Waals surface area contributed by atoms with Crippen molar-refractivity contribution in [3.63, 3.8) is 0 Å². The first-order valence-electron chi connectivity index (χ1n) is 13.5. The molecule has 0 aliphatic carbocycles. The lowest BCUT2D eigenvalue weighted by Crippen LogP contribution is -2.52. The molecule has 3 rings (SSSR count). The first-order valence-corrected chi connectivity index (χ1v) is 15.3. The standard InChI is InChI=1S/C31H38ClN3O4S/c1-5-6-19-33-31(37)25(4)34(20-18-26-10-8-7-9-11-26)30(36)22-35(29-17-14-27(32)21-24(29)3)40(38,39)28-15-12-23(2)13-16-28/h7-17,21,25H,5-6,18-20,22H2,1-4H3,(H,33,37). The number of carbonyl (C=O) groups is 2. The van der Waals surface area contributed by atoms with Crippen molar-refractivity contribution < 1.29 is 18.0 Å². The van der Waals surface area contributed by atoms with Crippen LogP contribution < -0.4 is 9.62 Å². The zero-order valence-corrected chi connectivity index (χ0v) is 25.1. The fourth-order valence-corrected chi connectivity index (χ4v) is 6.06. The predicted molar refractivity (Wildman–Crippen MR) is 161 cm³/mol. The summed E-state index contributed by atoms with van der Waals surface area (Å²) in [5.74, 6) is -0.746. The van der Waals surface area contributed by atoms with Crippen molar-refractivity contribution in [1.29, 1.82) is 0 Å². The summed E-state index contributed by atoms with van der Waals surface area (Å²) in [5.41, 5.74) is 2.88. The van der Waals surface area contributed by atoms with E-state index in [9.17, 15) is 18.0 Å². The molecule has 0 saturated heterocycles. The van der Waals surface area contributed by atoms with Gasteiger partial charge in [-0.2, -0.15) is 0 Å². The molecular formula is C31H38ClN3O4S. The Morgan fingerprint density at radius 1 is 0.975 bits per heavy atom. The van der Waals surface area contributed by atoms with Gasteiger partial charge in [0, 0.05) is 18.1 Å². The minimum absolute atomic E-state index is 0.0708. The van der Waals surface area contributed by atoms with Crippen LogP contribution in [0.4, 0.5) is 5.69 Å². The summed E-state index contributed by atoms with van der Waals surface area (Å²) in [4.78, 5) is 28.5. The van der Waals surface area contributed by atoms with E-state index in [0.717, 1.165) is 28.3 Å². The Morgan fingerprint density at radius 3 is 2.27 bits per heavy atom. The zero-order valence-electron chi connectivity index (χ0n) is 23.6. The number of hydrogen-bond acceptors (Lipinski definition) is 4. The van der Waals surface area contributed by atoms with Gasteiger partial charge >= 0.3 is 0 Å². The molecule has 3 aromatic rings. The van der Waals surface area contributed by atoms with Crippen molar-refractivity contribution in [2.45, 2.75) is 57.9 Å². The van der Waals surface area contributed by atoms with Gasteiger partial charge < -0.3 is 10.2 Å². The highest BCUT2D eigenvalue weighted by Crippen LogP contribution is 2.29. The number of nitrogens with zero attached hydrogens (tertiary/aromatic N) is 2. The number of unbranched alkanes of at least 4 members (excludes halogenated alkanes) is 1. The zero-order chi connectivity index (χ0) is 29.3. The molecule has 214 valence electrons. The lowest BCUT2D eigenvalue weighted by molar-refractivity contribution is -0.138. The minimum atomic E-state index is -4.12. The molecule has 3 aromatic carbocycles. The second-order valence-electron chi connectivity index (χ2n) is 9.90. The fourth-order valence-electron chi connectivity index (χ4n) is 4.36. The first kappa shape index (κ1) is 31.2. The van der Waals surface area contributed by atoms with Crippen LogP contribution in [0.2, 0.25) is 5.02 Å². The third-order valence-electron chi connectivity index (χ3n) is 6.80. The molecule has 0 heterocycles. The average molecular weight is 584 g/mol. The van der Waals surface area contributed by atoms with Crippen molar-refractivity contribution in [2.24, 2.45) is 0 Å². The first-order chi connectivity index (χ1) is 19.0. The molecule has 7 nitrogen and oxygen atoms in total. The van der Waals surface area contributed by atoms with E-state index in [4.69, 9.17) is 11.6 Å². The number of anilines is 1. The van der Waals surface area contributed by atoms with Crippen molar-refractivity contribution in [1.82, 2.24) is 10.2 Å². The van der Waals surface area contributed by atoms with Crippen LogP contribution in [0.1, 0.15) is 43.4 Å². The highest BCUT2D eigenvalue weighted by Gasteiger charge is 2.33. The summed E-state index contributed by atoms with van der Waals surface area (Å²) in [6.07, 6.45) is 2.27. The number of halogens is 1. The minimum Gasteiger partial charge on any atom is -0.354 e. The molecule has 0 saturated carbocycles. The van der Waals surface area contributed by atoms with E-state index in [1.807, 2.05) is 44.2 Å². The van der Waals surface area contributed by atoms with E-state index in [1.54, 1.807) is 44.2 Å². The molecule has 9 heteroatoms. The number of carbonyl (C=O) groups excluding carboxylic acids is 2. The SMILES string of the molecule is CCCCNC(=O)C(C)N(CCc1ccccc1)C(=O)CN(c1ccc(Cl)cc1C)S(=O)(=O)c1ccc(C)cc1. The Morgan fingerprint density at radius 2 is 1.65 bits per heavy atom. The topological polar surface area (TPSA) is 86.8 Å². The number of amides is 2. The van der Waals surface area contributed by atoms with E-state index >= 15 is 0 Å². The Balaban J connectivity index is 1.98. The smallest absolute Gasteiger partial charge is 0.264 e. The van der Waals surface area contributed by atoms with Gasteiger partial charge in [0.1, 0.15) is 12.6 Å². The molecule has 0 fully saturated rings. The monoisotopic (exact) mass is 583 g/mol. The lowest BCUT2D eigenvalue weighted by atomic mass is 10.1.